The minimum Gasteiger partial charge on any atom is -0.377 e. The lowest BCUT2D eigenvalue weighted by molar-refractivity contribution is -0.00974. The van der Waals surface area contributed by atoms with Gasteiger partial charge in [0.15, 0.2) is 0 Å². The average Bonchev–Trinajstić information content (AvgIpc) is 2.40. The lowest BCUT2D eigenvalue weighted by Crippen LogP contribution is -2.48. The third-order valence-corrected chi connectivity index (χ3v) is 3.66. The minimum absolute atomic E-state index is 0.147. The molecule has 1 atom stereocenters. The van der Waals surface area contributed by atoms with E-state index in [-0.39, 0.29) is 5.60 Å². The summed E-state index contributed by atoms with van der Waals surface area (Å²) in [4.78, 5) is 2.27. The summed E-state index contributed by atoms with van der Waals surface area (Å²) in [7, 11) is 5.89. The van der Waals surface area contributed by atoms with Gasteiger partial charge >= 0.3 is 0 Å². The van der Waals surface area contributed by atoms with Crippen molar-refractivity contribution in [2.45, 2.75) is 31.9 Å². The summed E-state index contributed by atoms with van der Waals surface area (Å²) >= 11 is 0. The number of hydrogen-bond acceptors (Lipinski definition) is 3. The highest BCUT2D eigenvalue weighted by Gasteiger charge is 2.27. The van der Waals surface area contributed by atoms with Crippen molar-refractivity contribution in [1.82, 2.24) is 5.32 Å². The molecule has 3 nitrogen and oxygen atoms in total. The smallest absolute Gasteiger partial charge is 0.0775 e. The molecule has 0 radical (unpaired) electrons. The van der Waals surface area contributed by atoms with E-state index < -0.39 is 0 Å². The Labute approximate surface area is 111 Å². The van der Waals surface area contributed by atoms with Crippen molar-refractivity contribution in [3.63, 3.8) is 0 Å². The standard InChI is InChI=1S/C15H26N2O/c1-15(2,18-5)14(16-3)11-12-17(4)13-9-7-6-8-10-13/h6-10,14,16H,11-12H2,1-5H3. The Morgan fingerprint density at radius 2 is 1.89 bits per heavy atom. The highest BCUT2D eigenvalue weighted by molar-refractivity contribution is 5.44. The van der Waals surface area contributed by atoms with Crippen LogP contribution in [-0.2, 0) is 4.74 Å². The number of ether oxygens (including phenoxy) is 1. The highest BCUT2D eigenvalue weighted by atomic mass is 16.5. The zero-order valence-electron chi connectivity index (χ0n) is 12.2. The van der Waals surface area contributed by atoms with Crippen LogP contribution in [0, 0.1) is 0 Å². The van der Waals surface area contributed by atoms with Crippen LogP contribution in [0.5, 0.6) is 0 Å². The molecule has 0 aliphatic carbocycles. The SMILES string of the molecule is CNC(CCN(C)c1ccccc1)C(C)(C)OC. The van der Waals surface area contributed by atoms with E-state index in [0.717, 1.165) is 13.0 Å². The predicted octanol–water partition coefficient (Wildman–Crippen LogP) is 2.53. The number of rotatable bonds is 7. The van der Waals surface area contributed by atoms with E-state index >= 15 is 0 Å². The number of nitrogens with one attached hydrogen (secondary N) is 1. The molecular formula is C15H26N2O. The normalized spacial score (nSPS) is 13.4. The zero-order chi connectivity index (χ0) is 13.6. The van der Waals surface area contributed by atoms with Crippen LogP contribution in [0.15, 0.2) is 30.3 Å². The molecule has 18 heavy (non-hydrogen) atoms. The van der Waals surface area contributed by atoms with Gasteiger partial charge in [-0.2, -0.15) is 0 Å². The molecule has 1 N–H and O–H groups in total. The minimum atomic E-state index is -0.147. The fraction of sp³-hybridized carbons (Fsp3) is 0.600. The van der Waals surface area contributed by atoms with Crippen molar-refractivity contribution in [2.24, 2.45) is 0 Å². The summed E-state index contributed by atoms with van der Waals surface area (Å²) in [5, 5.41) is 3.35. The Hall–Kier alpha value is -1.06. The molecule has 0 saturated carbocycles. The number of nitrogens with zero attached hydrogens (tertiary/aromatic N) is 1. The molecule has 0 aromatic heterocycles. The van der Waals surface area contributed by atoms with Crippen LogP contribution >= 0.6 is 0 Å². The largest absolute Gasteiger partial charge is 0.377 e. The molecule has 0 bridgehead atoms. The van der Waals surface area contributed by atoms with Gasteiger partial charge in [0.2, 0.25) is 0 Å². The quantitative estimate of drug-likeness (QED) is 0.805. The Kier molecular flexibility index (Phi) is 5.63. The summed E-state index contributed by atoms with van der Waals surface area (Å²) < 4.78 is 5.55. The topological polar surface area (TPSA) is 24.5 Å². The maximum atomic E-state index is 5.55. The molecule has 0 saturated heterocycles. The summed E-state index contributed by atoms with van der Waals surface area (Å²) in [6, 6.07) is 10.8. The number of likely N-dealkylation sites (N-methyl/N-ethyl adjacent to an activating group) is 1. The number of para-hydroxylation sites is 1. The fourth-order valence-electron chi connectivity index (χ4n) is 2.12. The maximum Gasteiger partial charge on any atom is 0.0775 e. The Morgan fingerprint density at radius 3 is 2.39 bits per heavy atom. The van der Waals surface area contributed by atoms with Crippen molar-refractivity contribution < 1.29 is 4.74 Å². The number of anilines is 1. The van der Waals surface area contributed by atoms with Gasteiger partial charge in [-0.15, -0.1) is 0 Å². The van der Waals surface area contributed by atoms with E-state index in [4.69, 9.17) is 4.74 Å². The molecule has 1 aromatic rings. The highest BCUT2D eigenvalue weighted by Crippen LogP contribution is 2.18. The summed E-state index contributed by atoms with van der Waals surface area (Å²) in [6.45, 7) is 5.25. The molecule has 0 amide bonds. The monoisotopic (exact) mass is 250 g/mol. The van der Waals surface area contributed by atoms with Gasteiger partial charge in [0.25, 0.3) is 0 Å². The first-order valence-corrected chi connectivity index (χ1v) is 6.50. The van der Waals surface area contributed by atoms with Crippen LogP contribution in [0.3, 0.4) is 0 Å². The van der Waals surface area contributed by atoms with Crippen LogP contribution in [0.1, 0.15) is 20.3 Å². The molecule has 0 aliphatic rings. The van der Waals surface area contributed by atoms with Gasteiger partial charge in [-0.25, -0.2) is 0 Å². The van der Waals surface area contributed by atoms with Crippen LogP contribution in [0.25, 0.3) is 0 Å². The van der Waals surface area contributed by atoms with E-state index in [1.165, 1.54) is 5.69 Å². The molecule has 0 aliphatic heterocycles. The Morgan fingerprint density at radius 1 is 1.28 bits per heavy atom. The first-order valence-electron chi connectivity index (χ1n) is 6.50. The van der Waals surface area contributed by atoms with E-state index in [2.05, 4.69) is 55.4 Å². The number of benzene rings is 1. The molecule has 1 unspecified atom stereocenters. The Balaban J connectivity index is 2.54. The second-order valence-electron chi connectivity index (χ2n) is 5.19. The second-order valence-corrected chi connectivity index (χ2v) is 5.19. The van der Waals surface area contributed by atoms with Crippen LogP contribution in [-0.4, -0.2) is 39.4 Å². The molecule has 1 rings (SSSR count). The summed E-state index contributed by atoms with van der Waals surface area (Å²) in [6.07, 6.45) is 1.04. The zero-order valence-corrected chi connectivity index (χ0v) is 12.2. The molecule has 3 heteroatoms. The van der Waals surface area contributed by atoms with Gasteiger partial charge in [0, 0.05) is 32.4 Å². The molecule has 102 valence electrons. The van der Waals surface area contributed by atoms with Crippen LogP contribution in [0.4, 0.5) is 5.69 Å². The first-order chi connectivity index (χ1) is 8.51. The predicted molar refractivity (Wildman–Crippen MR) is 78.3 cm³/mol. The van der Waals surface area contributed by atoms with Crippen molar-refractivity contribution in [2.75, 3.05) is 32.6 Å². The molecule has 1 aromatic carbocycles. The molecular weight excluding hydrogens is 224 g/mol. The summed E-state index contributed by atoms with van der Waals surface area (Å²) in [5.74, 6) is 0. The van der Waals surface area contributed by atoms with Gasteiger partial charge < -0.3 is 15.0 Å². The van der Waals surface area contributed by atoms with Gasteiger partial charge in [-0.1, -0.05) is 18.2 Å². The fourth-order valence-corrected chi connectivity index (χ4v) is 2.12. The van der Waals surface area contributed by atoms with E-state index in [0.29, 0.717) is 6.04 Å². The third-order valence-electron chi connectivity index (χ3n) is 3.66. The Bertz CT molecular complexity index is 338. The van der Waals surface area contributed by atoms with Crippen molar-refractivity contribution in [3.8, 4) is 0 Å². The number of hydrogen-bond donors (Lipinski definition) is 1. The average molecular weight is 250 g/mol. The van der Waals surface area contributed by atoms with E-state index in [1.807, 2.05) is 13.1 Å². The lowest BCUT2D eigenvalue weighted by atomic mass is 9.95. The number of methoxy groups -OCH3 is 1. The molecule has 0 fully saturated rings. The molecule has 0 heterocycles. The van der Waals surface area contributed by atoms with Gasteiger partial charge in [0.1, 0.15) is 0 Å². The van der Waals surface area contributed by atoms with E-state index in [9.17, 15) is 0 Å². The van der Waals surface area contributed by atoms with Crippen LogP contribution in [0.2, 0.25) is 0 Å². The van der Waals surface area contributed by atoms with Gasteiger partial charge in [-0.05, 0) is 39.4 Å². The first kappa shape index (κ1) is 15.0. The van der Waals surface area contributed by atoms with Crippen LogP contribution < -0.4 is 10.2 Å². The van der Waals surface area contributed by atoms with E-state index in [1.54, 1.807) is 7.11 Å². The molecule has 0 spiro atoms. The van der Waals surface area contributed by atoms with Crippen molar-refractivity contribution in [1.29, 1.82) is 0 Å². The lowest BCUT2D eigenvalue weighted by Gasteiger charge is -2.34. The second kappa shape index (κ2) is 6.76. The maximum absolute atomic E-state index is 5.55. The van der Waals surface area contributed by atoms with Gasteiger partial charge in [0.05, 0.1) is 5.60 Å². The summed E-state index contributed by atoms with van der Waals surface area (Å²) in [5.41, 5.74) is 1.11. The van der Waals surface area contributed by atoms with Crippen molar-refractivity contribution in [3.05, 3.63) is 30.3 Å². The van der Waals surface area contributed by atoms with Crippen molar-refractivity contribution >= 4 is 5.69 Å². The van der Waals surface area contributed by atoms with Gasteiger partial charge in [-0.3, -0.25) is 0 Å². The third kappa shape index (κ3) is 4.00.